The third kappa shape index (κ3) is 3.99. The fraction of sp³-hybridized carbons (Fsp3) is 0.333. The van der Waals surface area contributed by atoms with Gasteiger partial charge in [-0.15, -0.1) is 0 Å². The van der Waals surface area contributed by atoms with Gasteiger partial charge < -0.3 is 10.1 Å². The lowest BCUT2D eigenvalue weighted by Gasteiger charge is -2.21. The predicted octanol–water partition coefficient (Wildman–Crippen LogP) is 4.75. The number of halogens is 1. The van der Waals surface area contributed by atoms with Gasteiger partial charge in [-0.3, -0.25) is 0 Å². The predicted molar refractivity (Wildman–Crippen MR) is 89.3 cm³/mol. The summed E-state index contributed by atoms with van der Waals surface area (Å²) < 4.78 is 5.45. The fourth-order valence-corrected chi connectivity index (χ4v) is 2.62. The zero-order valence-electron chi connectivity index (χ0n) is 12.8. The third-order valence-electron chi connectivity index (χ3n) is 3.55. The van der Waals surface area contributed by atoms with Crippen molar-refractivity contribution in [1.29, 1.82) is 0 Å². The van der Waals surface area contributed by atoms with E-state index in [0.717, 1.165) is 29.3 Å². The van der Waals surface area contributed by atoms with Crippen molar-refractivity contribution < 1.29 is 4.74 Å². The molecule has 1 N–H and O–H groups in total. The van der Waals surface area contributed by atoms with E-state index in [9.17, 15) is 0 Å². The van der Waals surface area contributed by atoms with E-state index in [-0.39, 0.29) is 6.04 Å². The number of aryl methyl sites for hydroxylation is 1. The molecule has 0 heterocycles. The SMILES string of the molecule is CCCNC(c1cccc(Cl)c1)c1ccc(C)c(OC)c1. The number of benzene rings is 2. The molecule has 0 amide bonds. The van der Waals surface area contributed by atoms with Crippen molar-refractivity contribution >= 4 is 11.6 Å². The van der Waals surface area contributed by atoms with E-state index in [0.29, 0.717) is 0 Å². The quantitative estimate of drug-likeness (QED) is 0.832. The molecule has 3 heteroatoms. The summed E-state index contributed by atoms with van der Waals surface area (Å²) >= 11 is 6.14. The van der Waals surface area contributed by atoms with Crippen LogP contribution >= 0.6 is 11.6 Å². The lowest BCUT2D eigenvalue weighted by molar-refractivity contribution is 0.410. The van der Waals surface area contributed by atoms with Gasteiger partial charge in [-0.2, -0.15) is 0 Å². The van der Waals surface area contributed by atoms with Crippen molar-refractivity contribution in [1.82, 2.24) is 5.32 Å². The second kappa shape index (κ2) is 7.48. The summed E-state index contributed by atoms with van der Waals surface area (Å²) in [6.07, 6.45) is 1.08. The van der Waals surface area contributed by atoms with Gasteiger partial charge in [-0.05, 0) is 54.8 Å². The largest absolute Gasteiger partial charge is 0.496 e. The first-order chi connectivity index (χ1) is 10.2. The molecule has 0 aliphatic rings. The van der Waals surface area contributed by atoms with Crippen LogP contribution in [-0.4, -0.2) is 13.7 Å². The number of hydrogen-bond acceptors (Lipinski definition) is 2. The van der Waals surface area contributed by atoms with Gasteiger partial charge >= 0.3 is 0 Å². The van der Waals surface area contributed by atoms with Crippen molar-refractivity contribution in [2.24, 2.45) is 0 Å². The molecule has 0 aliphatic carbocycles. The Morgan fingerprint density at radius 1 is 1.14 bits per heavy atom. The topological polar surface area (TPSA) is 21.3 Å². The minimum atomic E-state index is 0.123. The molecule has 1 unspecified atom stereocenters. The lowest BCUT2D eigenvalue weighted by Crippen LogP contribution is -2.23. The first-order valence-corrected chi connectivity index (χ1v) is 7.67. The smallest absolute Gasteiger partial charge is 0.122 e. The summed E-state index contributed by atoms with van der Waals surface area (Å²) in [6, 6.07) is 14.5. The molecular weight excluding hydrogens is 282 g/mol. The first-order valence-electron chi connectivity index (χ1n) is 7.29. The van der Waals surface area contributed by atoms with Gasteiger partial charge in [0.2, 0.25) is 0 Å². The van der Waals surface area contributed by atoms with Crippen LogP contribution in [0.4, 0.5) is 0 Å². The number of methoxy groups -OCH3 is 1. The van der Waals surface area contributed by atoms with E-state index < -0.39 is 0 Å². The highest BCUT2D eigenvalue weighted by Gasteiger charge is 2.15. The Balaban J connectivity index is 2.40. The van der Waals surface area contributed by atoms with E-state index in [1.807, 2.05) is 18.2 Å². The van der Waals surface area contributed by atoms with Gasteiger partial charge in [0, 0.05) is 5.02 Å². The summed E-state index contributed by atoms with van der Waals surface area (Å²) in [5, 5.41) is 4.34. The Bertz CT molecular complexity index is 598. The van der Waals surface area contributed by atoms with Gasteiger partial charge in [0.05, 0.1) is 13.2 Å². The molecule has 0 radical (unpaired) electrons. The van der Waals surface area contributed by atoms with Crippen LogP contribution in [0.5, 0.6) is 5.75 Å². The second-order valence-corrected chi connectivity index (χ2v) is 5.61. The monoisotopic (exact) mass is 303 g/mol. The number of rotatable bonds is 6. The molecule has 2 aromatic rings. The number of nitrogens with one attached hydrogen (secondary N) is 1. The van der Waals surface area contributed by atoms with Crippen molar-refractivity contribution in [2.75, 3.05) is 13.7 Å². The Kier molecular flexibility index (Phi) is 5.66. The molecule has 1 atom stereocenters. The molecule has 2 aromatic carbocycles. The zero-order chi connectivity index (χ0) is 15.2. The molecule has 0 bridgehead atoms. The van der Waals surface area contributed by atoms with Gasteiger partial charge in [0.1, 0.15) is 5.75 Å². The molecule has 112 valence electrons. The van der Waals surface area contributed by atoms with E-state index in [2.05, 4.69) is 43.4 Å². The molecule has 0 spiro atoms. The van der Waals surface area contributed by atoms with E-state index in [4.69, 9.17) is 16.3 Å². The van der Waals surface area contributed by atoms with Gasteiger partial charge in [-0.1, -0.05) is 42.8 Å². The summed E-state index contributed by atoms with van der Waals surface area (Å²) in [7, 11) is 1.71. The maximum Gasteiger partial charge on any atom is 0.122 e. The van der Waals surface area contributed by atoms with Crippen LogP contribution in [0.25, 0.3) is 0 Å². The van der Waals surface area contributed by atoms with Crippen LogP contribution in [0, 0.1) is 6.92 Å². The minimum absolute atomic E-state index is 0.123. The molecular formula is C18H22ClNO. The van der Waals surface area contributed by atoms with Crippen LogP contribution in [0.1, 0.15) is 36.1 Å². The Morgan fingerprint density at radius 2 is 1.90 bits per heavy atom. The normalized spacial score (nSPS) is 12.2. The Hall–Kier alpha value is -1.51. The van der Waals surface area contributed by atoms with Crippen molar-refractivity contribution in [2.45, 2.75) is 26.3 Å². The van der Waals surface area contributed by atoms with Crippen LogP contribution in [0.15, 0.2) is 42.5 Å². The highest BCUT2D eigenvalue weighted by Crippen LogP contribution is 2.28. The van der Waals surface area contributed by atoms with Gasteiger partial charge in [-0.25, -0.2) is 0 Å². The highest BCUT2D eigenvalue weighted by molar-refractivity contribution is 6.30. The fourth-order valence-electron chi connectivity index (χ4n) is 2.42. The summed E-state index contributed by atoms with van der Waals surface area (Å²) in [5.41, 5.74) is 3.50. The van der Waals surface area contributed by atoms with Crippen molar-refractivity contribution in [3.8, 4) is 5.75 Å². The van der Waals surface area contributed by atoms with E-state index >= 15 is 0 Å². The summed E-state index contributed by atoms with van der Waals surface area (Å²) in [6.45, 7) is 5.17. The molecule has 2 rings (SSSR count). The summed E-state index contributed by atoms with van der Waals surface area (Å²) in [4.78, 5) is 0. The highest BCUT2D eigenvalue weighted by atomic mass is 35.5. The molecule has 0 fully saturated rings. The Morgan fingerprint density at radius 3 is 2.57 bits per heavy atom. The lowest BCUT2D eigenvalue weighted by atomic mass is 9.97. The van der Waals surface area contributed by atoms with Crippen molar-refractivity contribution in [3.05, 3.63) is 64.2 Å². The van der Waals surface area contributed by atoms with Crippen LogP contribution < -0.4 is 10.1 Å². The molecule has 0 saturated heterocycles. The average Bonchev–Trinajstić information content (AvgIpc) is 2.49. The minimum Gasteiger partial charge on any atom is -0.496 e. The number of ether oxygens (including phenoxy) is 1. The average molecular weight is 304 g/mol. The molecule has 0 saturated carbocycles. The number of hydrogen-bond donors (Lipinski definition) is 1. The molecule has 2 nitrogen and oxygen atoms in total. The second-order valence-electron chi connectivity index (χ2n) is 5.17. The maximum absolute atomic E-state index is 6.14. The first kappa shape index (κ1) is 15.9. The van der Waals surface area contributed by atoms with Gasteiger partial charge in [0.25, 0.3) is 0 Å². The molecule has 0 aromatic heterocycles. The van der Waals surface area contributed by atoms with Crippen molar-refractivity contribution in [3.63, 3.8) is 0 Å². The maximum atomic E-state index is 6.14. The summed E-state index contributed by atoms with van der Waals surface area (Å²) in [5.74, 6) is 0.915. The Labute approximate surface area is 132 Å². The molecule has 0 aliphatic heterocycles. The third-order valence-corrected chi connectivity index (χ3v) is 3.78. The molecule has 21 heavy (non-hydrogen) atoms. The van der Waals surface area contributed by atoms with Gasteiger partial charge in [0.15, 0.2) is 0 Å². The standard InChI is InChI=1S/C18H22ClNO/c1-4-10-20-18(14-6-5-7-16(19)11-14)15-9-8-13(2)17(12-15)21-3/h5-9,11-12,18,20H,4,10H2,1-3H3. The van der Waals surface area contributed by atoms with E-state index in [1.165, 1.54) is 11.1 Å². The van der Waals surface area contributed by atoms with E-state index in [1.54, 1.807) is 7.11 Å². The van der Waals surface area contributed by atoms with Crippen LogP contribution in [0.2, 0.25) is 5.02 Å². The van der Waals surface area contributed by atoms with Crippen LogP contribution in [-0.2, 0) is 0 Å². The van der Waals surface area contributed by atoms with Crippen LogP contribution in [0.3, 0.4) is 0 Å². The zero-order valence-corrected chi connectivity index (χ0v) is 13.6.